The zero-order chi connectivity index (χ0) is 15.5. The highest BCUT2D eigenvalue weighted by Gasteiger charge is 2.17. The topological polar surface area (TPSA) is 61.4 Å². The van der Waals surface area contributed by atoms with E-state index in [-0.39, 0.29) is 10.2 Å². The van der Waals surface area contributed by atoms with Crippen LogP contribution in [0.25, 0.3) is 0 Å². The van der Waals surface area contributed by atoms with Crippen molar-refractivity contribution in [3.63, 3.8) is 0 Å². The van der Waals surface area contributed by atoms with Crippen LogP contribution in [0.15, 0.2) is 16.6 Å². The lowest BCUT2D eigenvalue weighted by molar-refractivity contribution is 0.254. The molecule has 2 N–H and O–H groups in total. The second-order valence-corrected chi connectivity index (χ2v) is 7.79. The van der Waals surface area contributed by atoms with Crippen LogP contribution in [0.3, 0.4) is 0 Å². The number of benzene rings is 1. The number of nitrogens with one attached hydrogen (secondary N) is 2. The van der Waals surface area contributed by atoms with Crippen LogP contribution in [-0.4, -0.2) is 51.8 Å². The first-order chi connectivity index (χ1) is 9.87. The van der Waals surface area contributed by atoms with Gasteiger partial charge in [-0.25, -0.2) is 12.8 Å². The van der Waals surface area contributed by atoms with Crippen molar-refractivity contribution in [3.8, 4) is 0 Å². The highest BCUT2D eigenvalue weighted by atomic mass is 79.9. The first kappa shape index (κ1) is 16.7. The van der Waals surface area contributed by atoms with Crippen molar-refractivity contribution in [2.45, 2.75) is 6.92 Å². The van der Waals surface area contributed by atoms with Crippen LogP contribution in [0, 0.1) is 12.7 Å². The van der Waals surface area contributed by atoms with Gasteiger partial charge in [-0.2, -0.15) is 0 Å². The van der Waals surface area contributed by atoms with E-state index in [1.54, 1.807) is 6.92 Å². The average molecular weight is 380 g/mol. The van der Waals surface area contributed by atoms with Gasteiger partial charge in [0.25, 0.3) is 0 Å². The molecule has 0 radical (unpaired) electrons. The van der Waals surface area contributed by atoms with Gasteiger partial charge in [0.05, 0.1) is 15.9 Å². The van der Waals surface area contributed by atoms with Crippen LogP contribution in [-0.2, 0) is 10.0 Å². The molecule has 0 spiro atoms. The lowest BCUT2D eigenvalue weighted by Gasteiger charge is -2.27. The maximum atomic E-state index is 13.3. The van der Waals surface area contributed by atoms with E-state index in [0.717, 1.165) is 26.2 Å². The van der Waals surface area contributed by atoms with Gasteiger partial charge in [-0.15, -0.1) is 0 Å². The quantitative estimate of drug-likeness (QED) is 0.814. The first-order valence-corrected chi connectivity index (χ1v) is 9.21. The van der Waals surface area contributed by atoms with Crippen LogP contribution in [0.5, 0.6) is 0 Å². The molecule has 0 aliphatic carbocycles. The molecular formula is C13H19BrFN3O2S. The van der Waals surface area contributed by atoms with Gasteiger partial charge in [0.15, 0.2) is 0 Å². The number of rotatable bonds is 5. The lowest BCUT2D eigenvalue weighted by atomic mass is 10.2. The SMILES string of the molecule is Cc1cc(F)c(Br)cc1NS(=O)(=O)CCN1CCNCC1. The molecule has 8 heteroatoms. The molecule has 1 heterocycles. The Hall–Kier alpha value is -0.700. The molecule has 118 valence electrons. The van der Waals surface area contributed by atoms with Gasteiger partial charge in [-0.3, -0.25) is 9.62 Å². The number of piperazine rings is 1. The molecule has 1 aliphatic heterocycles. The number of aryl methyl sites for hydroxylation is 1. The molecule has 0 bridgehead atoms. The summed E-state index contributed by atoms with van der Waals surface area (Å²) in [5, 5.41) is 3.22. The molecule has 0 aromatic heterocycles. The van der Waals surface area contributed by atoms with E-state index in [0.29, 0.717) is 17.8 Å². The molecule has 0 unspecified atom stereocenters. The highest BCUT2D eigenvalue weighted by molar-refractivity contribution is 9.10. The Balaban J connectivity index is 1.98. The minimum absolute atomic E-state index is 0.0292. The van der Waals surface area contributed by atoms with E-state index in [2.05, 4.69) is 30.9 Å². The van der Waals surface area contributed by atoms with Crippen LogP contribution in [0.2, 0.25) is 0 Å². The van der Waals surface area contributed by atoms with Crippen molar-refractivity contribution in [3.05, 3.63) is 28.0 Å². The van der Waals surface area contributed by atoms with Gasteiger partial charge >= 0.3 is 0 Å². The van der Waals surface area contributed by atoms with Gasteiger partial charge in [0, 0.05) is 32.7 Å². The Labute approximate surface area is 133 Å². The summed E-state index contributed by atoms with van der Waals surface area (Å²) in [7, 11) is -3.44. The van der Waals surface area contributed by atoms with Crippen LogP contribution < -0.4 is 10.0 Å². The standard InChI is InChI=1S/C13H19BrFN3O2S/c1-10-8-12(15)11(14)9-13(10)17-21(19,20)7-6-18-4-2-16-3-5-18/h8-9,16-17H,2-7H2,1H3. The van der Waals surface area contributed by atoms with Gasteiger partial charge < -0.3 is 5.32 Å². The summed E-state index contributed by atoms with van der Waals surface area (Å²) in [6, 6.07) is 2.76. The molecule has 0 saturated carbocycles. The van der Waals surface area contributed by atoms with E-state index in [1.807, 2.05) is 0 Å². The Morgan fingerprint density at radius 1 is 1.38 bits per heavy atom. The number of sulfonamides is 1. The molecule has 0 atom stereocenters. The minimum atomic E-state index is -3.44. The molecule has 5 nitrogen and oxygen atoms in total. The zero-order valence-corrected chi connectivity index (χ0v) is 14.2. The Morgan fingerprint density at radius 3 is 2.71 bits per heavy atom. The largest absolute Gasteiger partial charge is 0.314 e. The molecular weight excluding hydrogens is 361 g/mol. The summed E-state index contributed by atoms with van der Waals surface area (Å²) in [6.07, 6.45) is 0. The van der Waals surface area contributed by atoms with Crippen molar-refractivity contribution in [2.24, 2.45) is 0 Å². The molecule has 21 heavy (non-hydrogen) atoms. The first-order valence-electron chi connectivity index (χ1n) is 6.76. The molecule has 1 aliphatic rings. The molecule has 0 amide bonds. The monoisotopic (exact) mass is 379 g/mol. The summed E-state index contributed by atoms with van der Waals surface area (Å²) in [5.41, 5.74) is 0.963. The number of anilines is 1. The third-order valence-corrected chi connectivity index (χ3v) is 5.28. The fourth-order valence-corrected chi connectivity index (χ4v) is 3.66. The minimum Gasteiger partial charge on any atom is -0.314 e. The Bertz CT molecular complexity index is 604. The van der Waals surface area contributed by atoms with Crippen molar-refractivity contribution >= 4 is 31.6 Å². The Kier molecular flexibility index (Phi) is 5.59. The molecule has 1 aromatic carbocycles. The summed E-state index contributed by atoms with van der Waals surface area (Å²) in [4.78, 5) is 2.11. The van der Waals surface area contributed by atoms with E-state index in [1.165, 1.54) is 12.1 Å². The normalized spacial score (nSPS) is 16.9. The smallest absolute Gasteiger partial charge is 0.233 e. The molecule has 1 fully saturated rings. The number of nitrogens with zero attached hydrogens (tertiary/aromatic N) is 1. The van der Waals surface area contributed by atoms with Crippen LogP contribution in [0.1, 0.15) is 5.56 Å². The Morgan fingerprint density at radius 2 is 2.05 bits per heavy atom. The van der Waals surface area contributed by atoms with E-state index in [4.69, 9.17) is 0 Å². The second-order valence-electron chi connectivity index (χ2n) is 5.09. The number of hydrogen-bond acceptors (Lipinski definition) is 4. The molecule has 1 aromatic rings. The van der Waals surface area contributed by atoms with Crippen molar-refractivity contribution in [1.82, 2.24) is 10.2 Å². The zero-order valence-electron chi connectivity index (χ0n) is 11.8. The van der Waals surface area contributed by atoms with E-state index < -0.39 is 15.8 Å². The van der Waals surface area contributed by atoms with Crippen molar-refractivity contribution in [2.75, 3.05) is 43.2 Å². The van der Waals surface area contributed by atoms with Crippen LogP contribution >= 0.6 is 15.9 Å². The predicted octanol–water partition coefficient (Wildman–Crippen LogP) is 1.54. The number of halogens is 2. The van der Waals surface area contributed by atoms with E-state index >= 15 is 0 Å². The number of hydrogen-bond donors (Lipinski definition) is 2. The van der Waals surface area contributed by atoms with Crippen molar-refractivity contribution < 1.29 is 12.8 Å². The summed E-state index contributed by atoms with van der Waals surface area (Å²) in [5.74, 6) is -0.377. The van der Waals surface area contributed by atoms with Crippen LogP contribution in [0.4, 0.5) is 10.1 Å². The fourth-order valence-electron chi connectivity index (χ4n) is 2.16. The lowest BCUT2D eigenvalue weighted by Crippen LogP contribution is -2.45. The van der Waals surface area contributed by atoms with Crippen molar-refractivity contribution in [1.29, 1.82) is 0 Å². The van der Waals surface area contributed by atoms with E-state index in [9.17, 15) is 12.8 Å². The van der Waals surface area contributed by atoms with Gasteiger partial charge in [0.1, 0.15) is 5.82 Å². The third-order valence-electron chi connectivity index (χ3n) is 3.42. The fraction of sp³-hybridized carbons (Fsp3) is 0.538. The second kappa shape index (κ2) is 7.04. The molecule has 1 saturated heterocycles. The van der Waals surface area contributed by atoms with Gasteiger partial charge in [0.2, 0.25) is 10.0 Å². The predicted molar refractivity (Wildman–Crippen MR) is 85.6 cm³/mol. The van der Waals surface area contributed by atoms with Gasteiger partial charge in [-0.1, -0.05) is 0 Å². The average Bonchev–Trinajstić information content (AvgIpc) is 2.44. The molecule has 2 rings (SSSR count). The maximum Gasteiger partial charge on any atom is 0.233 e. The third kappa shape index (κ3) is 4.91. The summed E-state index contributed by atoms with van der Waals surface area (Å²) < 4.78 is 40.4. The van der Waals surface area contributed by atoms with Gasteiger partial charge in [-0.05, 0) is 40.5 Å². The summed E-state index contributed by atoms with van der Waals surface area (Å²) in [6.45, 7) is 5.66. The highest BCUT2D eigenvalue weighted by Crippen LogP contribution is 2.25. The maximum absolute atomic E-state index is 13.3. The summed E-state index contributed by atoms with van der Waals surface area (Å²) >= 11 is 3.06.